The van der Waals surface area contributed by atoms with Crippen molar-refractivity contribution in [3.63, 3.8) is 0 Å². The van der Waals surface area contributed by atoms with Gasteiger partial charge in [-0.2, -0.15) is 0 Å². The van der Waals surface area contributed by atoms with E-state index < -0.39 is 0 Å². The summed E-state index contributed by atoms with van der Waals surface area (Å²) in [6.45, 7) is 3.61. The van der Waals surface area contributed by atoms with Crippen LogP contribution in [0, 0.1) is 11.8 Å². The maximum absolute atomic E-state index is 3.46. The lowest BCUT2D eigenvalue weighted by molar-refractivity contribution is -0.897. The van der Waals surface area contributed by atoms with E-state index in [0.29, 0.717) is 5.92 Å². The Kier molecular flexibility index (Phi) is 5.89. The molecule has 0 aliphatic carbocycles. The molecule has 1 heteroatoms. The standard InChI is InChI=1S/C22H25N/c1-4-12-20(13-5-1)22(21-14-6-2-7-15-21)16-8-11-19-23-17-9-3-10-18-23/h1-2,4-7,12-15,22H,3,9-10,16-19H2/p+1. The Labute approximate surface area is 140 Å². The zero-order valence-electron chi connectivity index (χ0n) is 13.8. The molecule has 3 rings (SSSR count). The number of hydrogen-bond acceptors (Lipinski definition) is 0. The van der Waals surface area contributed by atoms with Crippen LogP contribution in [0.2, 0.25) is 0 Å². The van der Waals surface area contributed by atoms with Crippen LogP contribution < -0.4 is 4.90 Å². The van der Waals surface area contributed by atoms with Crippen molar-refractivity contribution < 1.29 is 4.90 Å². The second-order valence-electron chi connectivity index (χ2n) is 6.42. The van der Waals surface area contributed by atoms with Crippen LogP contribution in [-0.4, -0.2) is 19.6 Å². The van der Waals surface area contributed by atoms with Gasteiger partial charge in [-0.25, -0.2) is 0 Å². The third kappa shape index (κ3) is 4.71. The summed E-state index contributed by atoms with van der Waals surface area (Å²) in [6, 6.07) is 21.5. The van der Waals surface area contributed by atoms with Crippen molar-refractivity contribution in [1.82, 2.24) is 0 Å². The van der Waals surface area contributed by atoms with E-state index in [1.165, 1.54) is 43.5 Å². The summed E-state index contributed by atoms with van der Waals surface area (Å²) in [5, 5.41) is 0. The predicted molar refractivity (Wildman–Crippen MR) is 96.5 cm³/mol. The van der Waals surface area contributed by atoms with Gasteiger partial charge in [0.25, 0.3) is 0 Å². The van der Waals surface area contributed by atoms with E-state index in [4.69, 9.17) is 0 Å². The Bertz CT molecular complexity index is 590. The topological polar surface area (TPSA) is 4.44 Å². The quantitative estimate of drug-likeness (QED) is 0.827. The van der Waals surface area contributed by atoms with Crippen LogP contribution in [0.15, 0.2) is 60.7 Å². The molecule has 0 amide bonds. The third-order valence-corrected chi connectivity index (χ3v) is 4.73. The lowest BCUT2D eigenvalue weighted by Gasteiger charge is -2.21. The normalized spacial score (nSPS) is 15.2. The number of quaternary nitrogens is 1. The molecule has 0 spiro atoms. The lowest BCUT2D eigenvalue weighted by atomic mass is 9.89. The first-order chi connectivity index (χ1) is 11.4. The fourth-order valence-electron chi connectivity index (χ4n) is 3.39. The summed E-state index contributed by atoms with van der Waals surface area (Å²) >= 11 is 0. The molecule has 0 unspecified atom stereocenters. The van der Waals surface area contributed by atoms with Crippen LogP contribution in [0.4, 0.5) is 0 Å². The Balaban J connectivity index is 1.67. The number of hydrogen-bond donors (Lipinski definition) is 1. The molecule has 1 aliphatic heterocycles. The van der Waals surface area contributed by atoms with E-state index in [9.17, 15) is 0 Å². The summed E-state index contributed by atoms with van der Waals surface area (Å²) in [6.07, 6.45) is 5.05. The van der Waals surface area contributed by atoms with Gasteiger partial charge in [0.1, 0.15) is 6.54 Å². The largest absolute Gasteiger partial charge is 0.325 e. The van der Waals surface area contributed by atoms with Crippen LogP contribution in [-0.2, 0) is 0 Å². The molecule has 1 heterocycles. The Morgan fingerprint density at radius 2 is 1.30 bits per heavy atom. The van der Waals surface area contributed by atoms with Gasteiger partial charge in [-0.05, 0) is 36.3 Å². The molecule has 1 saturated heterocycles. The third-order valence-electron chi connectivity index (χ3n) is 4.73. The van der Waals surface area contributed by atoms with E-state index in [0.717, 1.165) is 13.0 Å². The van der Waals surface area contributed by atoms with Gasteiger partial charge >= 0.3 is 0 Å². The minimum absolute atomic E-state index is 0.376. The Morgan fingerprint density at radius 3 is 1.87 bits per heavy atom. The summed E-state index contributed by atoms with van der Waals surface area (Å²) in [5.74, 6) is 7.27. The number of nitrogens with one attached hydrogen (secondary N) is 1. The van der Waals surface area contributed by atoms with Gasteiger partial charge in [0.05, 0.1) is 13.1 Å². The highest BCUT2D eigenvalue weighted by Gasteiger charge is 2.13. The number of rotatable bonds is 4. The van der Waals surface area contributed by atoms with E-state index in [-0.39, 0.29) is 0 Å². The fraction of sp³-hybridized carbons (Fsp3) is 0.364. The molecule has 0 saturated carbocycles. The first-order valence-electron chi connectivity index (χ1n) is 8.82. The Hall–Kier alpha value is -2.04. The molecule has 0 aromatic heterocycles. The Morgan fingerprint density at radius 1 is 0.739 bits per heavy atom. The molecule has 0 atom stereocenters. The van der Waals surface area contributed by atoms with Crippen LogP contribution in [0.1, 0.15) is 42.7 Å². The van der Waals surface area contributed by atoms with Crippen LogP contribution in [0.25, 0.3) is 0 Å². The van der Waals surface area contributed by atoms with Crippen molar-refractivity contribution in [1.29, 1.82) is 0 Å². The van der Waals surface area contributed by atoms with Gasteiger partial charge in [-0.1, -0.05) is 66.6 Å². The first kappa shape index (κ1) is 15.8. The SMILES string of the molecule is C(#CC[NH+]1CCCCC1)CC(c1ccccc1)c1ccccc1. The van der Waals surface area contributed by atoms with Crippen molar-refractivity contribution in [2.45, 2.75) is 31.6 Å². The van der Waals surface area contributed by atoms with E-state index in [1.807, 2.05) is 0 Å². The van der Waals surface area contributed by atoms with Gasteiger partial charge in [-0.15, -0.1) is 0 Å². The summed E-state index contributed by atoms with van der Waals surface area (Å²) < 4.78 is 0. The van der Waals surface area contributed by atoms with Gasteiger partial charge in [0.15, 0.2) is 0 Å². The summed E-state index contributed by atoms with van der Waals surface area (Å²) in [5.41, 5.74) is 2.72. The zero-order chi connectivity index (χ0) is 15.7. The van der Waals surface area contributed by atoms with Crippen molar-refractivity contribution in [2.75, 3.05) is 19.6 Å². The highest BCUT2D eigenvalue weighted by Crippen LogP contribution is 2.27. The summed E-state index contributed by atoms with van der Waals surface area (Å²) in [7, 11) is 0. The monoisotopic (exact) mass is 304 g/mol. The first-order valence-corrected chi connectivity index (χ1v) is 8.82. The van der Waals surface area contributed by atoms with Crippen LogP contribution in [0.5, 0.6) is 0 Å². The molecule has 0 radical (unpaired) electrons. The molecule has 0 bridgehead atoms. The van der Waals surface area contributed by atoms with E-state index in [1.54, 1.807) is 4.90 Å². The van der Waals surface area contributed by atoms with E-state index >= 15 is 0 Å². The molecule has 2 aromatic carbocycles. The molecular weight excluding hydrogens is 278 g/mol. The smallest absolute Gasteiger partial charge is 0.139 e. The molecule has 1 N–H and O–H groups in total. The van der Waals surface area contributed by atoms with Crippen molar-refractivity contribution in [3.05, 3.63) is 71.8 Å². The average molecular weight is 304 g/mol. The maximum Gasteiger partial charge on any atom is 0.139 e. The van der Waals surface area contributed by atoms with Gasteiger partial charge < -0.3 is 4.90 Å². The molecule has 23 heavy (non-hydrogen) atoms. The van der Waals surface area contributed by atoms with Crippen molar-refractivity contribution in [2.24, 2.45) is 0 Å². The lowest BCUT2D eigenvalue weighted by Crippen LogP contribution is -3.12. The second kappa shape index (κ2) is 8.56. The molecule has 118 valence electrons. The predicted octanol–water partition coefficient (Wildman–Crippen LogP) is 3.28. The number of benzene rings is 2. The van der Waals surface area contributed by atoms with Crippen molar-refractivity contribution in [3.8, 4) is 11.8 Å². The second-order valence-corrected chi connectivity index (χ2v) is 6.42. The highest BCUT2D eigenvalue weighted by atomic mass is 15.1. The average Bonchev–Trinajstić information content (AvgIpc) is 2.64. The number of piperidine rings is 1. The molecule has 1 fully saturated rings. The van der Waals surface area contributed by atoms with Gasteiger partial charge in [0, 0.05) is 12.3 Å². The van der Waals surface area contributed by atoms with Crippen LogP contribution in [0.3, 0.4) is 0 Å². The molecular formula is C22H26N+. The molecule has 1 nitrogen and oxygen atoms in total. The van der Waals surface area contributed by atoms with E-state index in [2.05, 4.69) is 72.5 Å². The maximum atomic E-state index is 3.46. The fourth-order valence-corrected chi connectivity index (χ4v) is 3.39. The minimum atomic E-state index is 0.376. The van der Waals surface area contributed by atoms with Crippen molar-refractivity contribution >= 4 is 0 Å². The molecule has 1 aliphatic rings. The number of likely N-dealkylation sites (tertiary alicyclic amines) is 1. The minimum Gasteiger partial charge on any atom is -0.325 e. The van der Waals surface area contributed by atoms with Gasteiger partial charge in [0.2, 0.25) is 0 Å². The summed E-state index contributed by atoms with van der Waals surface area (Å²) in [4.78, 5) is 1.67. The molecule has 2 aromatic rings. The van der Waals surface area contributed by atoms with Crippen LogP contribution >= 0.6 is 0 Å². The highest BCUT2D eigenvalue weighted by molar-refractivity contribution is 5.33. The zero-order valence-corrected chi connectivity index (χ0v) is 13.8. The van der Waals surface area contributed by atoms with Gasteiger partial charge in [-0.3, -0.25) is 0 Å².